The molecule has 2 aliphatic heterocycles. The highest BCUT2D eigenvalue weighted by Crippen LogP contribution is 2.39. The lowest BCUT2D eigenvalue weighted by molar-refractivity contribution is 0.0122. The van der Waals surface area contributed by atoms with Gasteiger partial charge in [-0.1, -0.05) is 0 Å². The summed E-state index contributed by atoms with van der Waals surface area (Å²) < 4.78 is 7.09. The third kappa shape index (κ3) is 3.51. The highest BCUT2D eigenvalue weighted by molar-refractivity contribution is 7.08. The monoisotopic (exact) mass is 390 g/mol. The predicted molar refractivity (Wildman–Crippen MR) is 102 cm³/mol. The van der Waals surface area contributed by atoms with Crippen LogP contribution in [0.1, 0.15) is 41.9 Å². The van der Waals surface area contributed by atoms with E-state index in [0.29, 0.717) is 19.7 Å². The number of aromatic nitrogens is 4. The van der Waals surface area contributed by atoms with Crippen LogP contribution in [0.2, 0.25) is 0 Å². The van der Waals surface area contributed by atoms with E-state index in [9.17, 15) is 4.79 Å². The third-order valence-electron chi connectivity index (χ3n) is 5.69. The molecule has 0 bridgehead atoms. The molecule has 0 saturated carbocycles. The van der Waals surface area contributed by atoms with Gasteiger partial charge in [0.2, 0.25) is 0 Å². The minimum atomic E-state index is -0.322. The van der Waals surface area contributed by atoms with E-state index in [1.165, 1.54) is 12.8 Å². The van der Waals surface area contributed by atoms with Gasteiger partial charge in [0.1, 0.15) is 5.54 Å². The molecule has 4 heterocycles. The van der Waals surface area contributed by atoms with Crippen molar-refractivity contribution < 1.29 is 9.53 Å². The maximum absolute atomic E-state index is 13.0. The van der Waals surface area contributed by atoms with Crippen molar-refractivity contribution in [2.75, 3.05) is 39.9 Å². The number of likely N-dealkylation sites (tertiary alicyclic amines) is 2. The zero-order valence-corrected chi connectivity index (χ0v) is 16.5. The van der Waals surface area contributed by atoms with Gasteiger partial charge in [0.05, 0.1) is 18.7 Å². The van der Waals surface area contributed by atoms with Gasteiger partial charge in [-0.2, -0.15) is 11.3 Å². The summed E-state index contributed by atoms with van der Waals surface area (Å²) in [5.74, 6) is 0.972. The Kier molecular flexibility index (Phi) is 5.51. The van der Waals surface area contributed by atoms with Crippen molar-refractivity contribution in [2.45, 2.75) is 37.8 Å². The first-order valence-corrected chi connectivity index (χ1v) is 10.5. The third-order valence-corrected chi connectivity index (χ3v) is 6.38. The molecule has 9 heteroatoms. The predicted octanol–water partition coefficient (Wildman–Crippen LogP) is 1.61. The molecule has 0 N–H and O–H groups in total. The number of amides is 1. The molecule has 2 aromatic heterocycles. The number of piperidine rings is 1. The molecule has 0 spiro atoms. The molecule has 4 rings (SSSR count). The Balaban J connectivity index is 1.67. The average Bonchev–Trinajstić information content (AvgIpc) is 3.48. The molecule has 0 aromatic carbocycles. The molecule has 8 nitrogen and oxygen atoms in total. The lowest BCUT2D eigenvalue weighted by Crippen LogP contribution is -2.58. The SMILES string of the molecule is COCCn1nnnc1C1(N2CCCC2)CCCN(C(=O)c2ccsc2)C1. The summed E-state index contributed by atoms with van der Waals surface area (Å²) in [5, 5.41) is 16.5. The molecule has 2 fully saturated rings. The van der Waals surface area contributed by atoms with E-state index in [4.69, 9.17) is 4.74 Å². The first-order valence-electron chi connectivity index (χ1n) is 9.57. The Morgan fingerprint density at radius 3 is 2.89 bits per heavy atom. The number of nitrogens with zero attached hydrogens (tertiary/aromatic N) is 6. The zero-order valence-electron chi connectivity index (χ0n) is 15.7. The number of carbonyl (C=O) groups is 1. The molecule has 1 atom stereocenters. The summed E-state index contributed by atoms with van der Waals surface area (Å²) in [5.41, 5.74) is 0.453. The highest BCUT2D eigenvalue weighted by Gasteiger charge is 2.48. The van der Waals surface area contributed by atoms with Crippen LogP contribution in [0.5, 0.6) is 0 Å². The lowest BCUT2D eigenvalue weighted by Gasteiger charge is -2.47. The van der Waals surface area contributed by atoms with Crippen LogP contribution in [0, 0.1) is 0 Å². The van der Waals surface area contributed by atoms with E-state index < -0.39 is 0 Å². The van der Waals surface area contributed by atoms with Gasteiger partial charge >= 0.3 is 0 Å². The Labute approximate surface area is 163 Å². The number of rotatable bonds is 6. The second kappa shape index (κ2) is 8.04. The molecule has 1 unspecified atom stereocenters. The van der Waals surface area contributed by atoms with Gasteiger partial charge in [0.15, 0.2) is 5.82 Å². The second-order valence-corrected chi connectivity index (χ2v) is 8.07. The second-order valence-electron chi connectivity index (χ2n) is 7.29. The summed E-state index contributed by atoms with van der Waals surface area (Å²) in [6.45, 7) is 4.65. The van der Waals surface area contributed by atoms with E-state index in [1.54, 1.807) is 18.4 Å². The summed E-state index contributed by atoms with van der Waals surface area (Å²) in [6, 6.07) is 1.90. The Bertz CT molecular complexity index is 758. The average molecular weight is 391 g/mol. The van der Waals surface area contributed by atoms with Crippen LogP contribution >= 0.6 is 11.3 Å². The van der Waals surface area contributed by atoms with Crippen LogP contribution in [-0.4, -0.2) is 75.8 Å². The van der Waals surface area contributed by atoms with Crippen molar-refractivity contribution in [1.82, 2.24) is 30.0 Å². The fourth-order valence-electron chi connectivity index (χ4n) is 4.37. The van der Waals surface area contributed by atoms with Gasteiger partial charge in [0, 0.05) is 25.6 Å². The van der Waals surface area contributed by atoms with Crippen molar-refractivity contribution in [1.29, 1.82) is 0 Å². The van der Waals surface area contributed by atoms with Crippen molar-refractivity contribution in [2.24, 2.45) is 0 Å². The molecule has 146 valence electrons. The van der Waals surface area contributed by atoms with E-state index in [2.05, 4.69) is 20.4 Å². The number of methoxy groups -OCH3 is 1. The molecule has 2 aromatic rings. The fraction of sp³-hybridized carbons (Fsp3) is 0.667. The molecule has 2 aliphatic rings. The first kappa shape index (κ1) is 18.5. The summed E-state index contributed by atoms with van der Waals surface area (Å²) >= 11 is 1.56. The lowest BCUT2D eigenvalue weighted by atomic mass is 9.85. The van der Waals surface area contributed by atoms with Crippen molar-refractivity contribution in [3.05, 3.63) is 28.2 Å². The van der Waals surface area contributed by atoms with E-state index in [1.807, 2.05) is 26.4 Å². The number of hydrogen-bond acceptors (Lipinski definition) is 7. The Morgan fingerprint density at radius 1 is 1.30 bits per heavy atom. The number of ether oxygens (including phenoxy) is 1. The molecule has 2 saturated heterocycles. The fourth-order valence-corrected chi connectivity index (χ4v) is 5.00. The molecule has 1 amide bonds. The minimum absolute atomic E-state index is 0.107. The van der Waals surface area contributed by atoms with Gasteiger partial charge in [-0.3, -0.25) is 9.69 Å². The highest BCUT2D eigenvalue weighted by atomic mass is 32.1. The molecular weight excluding hydrogens is 364 g/mol. The first-order chi connectivity index (χ1) is 13.2. The van der Waals surface area contributed by atoms with Gasteiger partial charge < -0.3 is 9.64 Å². The van der Waals surface area contributed by atoms with Crippen LogP contribution in [0.15, 0.2) is 16.8 Å². The summed E-state index contributed by atoms with van der Waals surface area (Å²) in [4.78, 5) is 17.5. The number of tetrazole rings is 1. The maximum Gasteiger partial charge on any atom is 0.254 e. The van der Waals surface area contributed by atoms with Crippen LogP contribution in [0.25, 0.3) is 0 Å². The summed E-state index contributed by atoms with van der Waals surface area (Å²) in [7, 11) is 1.68. The zero-order chi connectivity index (χ0) is 18.7. The molecule has 0 aliphatic carbocycles. The minimum Gasteiger partial charge on any atom is -0.383 e. The van der Waals surface area contributed by atoms with Gasteiger partial charge in [-0.05, 0) is 60.6 Å². The van der Waals surface area contributed by atoms with Crippen LogP contribution in [0.3, 0.4) is 0 Å². The van der Waals surface area contributed by atoms with Crippen molar-refractivity contribution in [3.63, 3.8) is 0 Å². The molecule has 27 heavy (non-hydrogen) atoms. The van der Waals surface area contributed by atoms with Gasteiger partial charge in [-0.25, -0.2) is 4.68 Å². The van der Waals surface area contributed by atoms with Gasteiger partial charge in [-0.15, -0.1) is 5.10 Å². The smallest absolute Gasteiger partial charge is 0.254 e. The van der Waals surface area contributed by atoms with Crippen LogP contribution in [-0.2, 0) is 16.8 Å². The normalized spacial score (nSPS) is 23.8. The van der Waals surface area contributed by atoms with Crippen molar-refractivity contribution >= 4 is 17.2 Å². The number of thiophene rings is 1. The van der Waals surface area contributed by atoms with Crippen molar-refractivity contribution in [3.8, 4) is 0 Å². The standard InChI is InChI=1S/C18H26N6O2S/c1-26-11-10-24-17(19-20-21-24)18(23-8-2-3-9-23)6-4-7-22(14-18)16(25)15-5-12-27-13-15/h5,12-13H,2-4,6-11,14H2,1H3. The van der Waals surface area contributed by atoms with Gasteiger partial charge in [0.25, 0.3) is 5.91 Å². The van der Waals surface area contributed by atoms with Crippen LogP contribution in [0.4, 0.5) is 0 Å². The topological polar surface area (TPSA) is 76.4 Å². The molecule has 0 radical (unpaired) electrons. The Hall–Kier alpha value is -1.84. The summed E-state index contributed by atoms with van der Waals surface area (Å²) in [6.07, 6.45) is 4.27. The van der Waals surface area contributed by atoms with E-state index >= 15 is 0 Å². The molecular formula is C18H26N6O2S. The maximum atomic E-state index is 13.0. The quantitative estimate of drug-likeness (QED) is 0.746. The largest absolute Gasteiger partial charge is 0.383 e. The number of carbonyl (C=O) groups excluding carboxylic acids is 1. The van der Waals surface area contributed by atoms with Crippen LogP contribution < -0.4 is 0 Å². The van der Waals surface area contributed by atoms with E-state index in [-0.39, 0.29) is 11.4 Å². The number of hydrogen-bond donors (Lipinski definition) is 0. The Morgan fingerprint density at radius 2 is 2.15 bits per heavy atom. The van der Waals surface area contributed by atoms with E-state index in [0.717, 1.165) is 43.9 Å².